The quantitative estimate of drug-likeness (QED) is 0.844. The molecule has 2 aromatic rings. The molecule has 1 amide bonds. The van der Waals surface area contributed by atoms with Gasteiger partial charge >= 0.3 is 0 Å². The fourth-order valence-electron chi connectivity index (χ4n) is 1.45. The van der Waals surface area contributed by atoms with Crippen molar-refractivity contribution in [3.8, 4) is 5.75 Å². The molecule has 0 heterocycles. The van der Waals surface area contributed by atoms with Crippen LogP contribution in [0.4, 0.5) is 5.69 Å². The molecule has 0 fully saturated rings. The molecule has 3 nitrogen and oxygen atoms in total. The highest BCUT2D eigenvalue weighted by molar-refractivity contribution is 8.00. The summed E-state index contributed by atoms with van der Waals surface area (Å²) in [5, 5.41) is 12.7. The molecule has 0 aliphatic carbocycles. The zero-order valence-corrected chi connectivity index (χ0v) is 11.5. The highest BCUT2D eigenvalue weighted by Crippen LogP contribution is 2.22. The van der Waals surface area contributed by atoms with Gasteiger partial charge in [0, 0.05) is 15.6 Å². The summed E-state index contributed by atoms with van der Waals surface area (Å²) in [6.07, 6.45) is 0. The smallest absolute Gasteiger partial charge is 0.234 e. The third kappa shape index (κ3) is 4.50. The van der Waals surface area contributed by atoms with Gasteiger partial charge in [-0.1, -0.05) is 17.7 Å². The Kier molecular flexibility index (Phi) is 4.71. The number of hydrogen-bond acceptors (Lipinski definition) is 3. The van der Waals surface area contributed by atoms with Crippen LogP contribution in [0.25, 0.3) is 0 Å². The number of nitrogens with one attached hydrogen (secondary N) is 1. The van der Waals surface area contributed by atoms with Gasteiger partial charge in [-0.05, 0) is 42.5 Å². The second-order valence-corrected chi connectivity index (χ2v) is 5.33. The number of benzene rings is 2. The van der Waals surface area contributed by atoms with Crippen LogP contribution in [-0.4, -0.2) is 16.8 Å². The van der Waals surface area contributed by atoms with Gasteiger partial charge in [0.1, 0.15) is 5.75 Å². The number of anilines is 1. The van der Waals surface area contributed by atoms with Crippen LogP contribution in [0.15, 0.2) is 53.4 Å². The molecule has 0 aliphatic rings. The molecular formula is C14H12ClNO2S. The largest absolute Gasteiger partial charge is 0.508 e. The van der Waals surface area contributed by atoms with E-state index in [1.807, 2.05) is 6.07 Å². The highest BCUT2D eigenvalue weighted by Gasteiger charge is 2.04. The first-order valence-electron chi connectivity index (χ1n) is 5.61. The lowest BCUT2D eigenvalue weighted by Crippen LogP contribution is -2.13. The van der Waals surface area contributed by atoms with Crippen molar-refractivity contribution < 1.29 is 9.90 Å². The predicted molar refractivity (Wildman–Crippen MR) is 78.9 cm³/mol. The molecule has 2 rings (SSSR count). The second-order valence-electron chi connectivity index (χ2n) is 3.84. The first-order chi connectivity index (χ1) is 9.13. The Bertz CT molecular complexity index is 572. The van der Waals surface area contributed by atoms with Gasteiger partial charge in [0.25, 0.3) is 0 Å². The number of halogens is 1. The van der Waals surface area contributed by atoms with Gasteiger partial charge < -0.3 is 10.4 Å². The Morgan fingerprint density at radius 1 is 1.21 bits per heavy atom. The van der Waals surface area contributed by atoms with E-state index < -0.39 is 0 Å². The Labute approximate surface area is 120 Å². The van der Waals surface area contributed by atoms with Crippen molar-refractivity contribution in [2.45, 2.75) is 4.90 Å². The molecule has 0 radical (unpaired) electrons. The van der Waals surface area contributed by atoms with E-state index in [1.165, 1.54) is 11.8 Å². The summed E-state index contributed by atoms with van der Waals surface area (Å²) in [6.45, 7) is 0. The van der Waals surface area contributed by atoms with Gasteiger partial charge in [0.05, 0.1) is 5.75 Å². The van der Waals surface area contributed by atoms with E-state index in [9.17, 15) is 9.90 Å². The summed E-state index contributed by atoms with van der Waals surface area (Å²) in [4.78, 5) is 12.6. The number of amides is 1. The number of phenols is 1. The number of hydrogen-bond donors (Lipinski definition) is 2. The minimum absolute atomic E-state index is 0.101. The fraction of sp³-hybridized carbons (Fsp3) is 0.0714. The number of carbonyl (C=O) groups excluding carboxylic acids is 1. The van der Waals surface area contributed by atoms with Crippen LogP contribution >= 0.6 is 23.4 Å². The third-order valence-corrected chi connectivity index (χ3v) is 3.56. The fourth-order valence-corrected chi connectivity index (χ4v) is 2.33. The van der Waals surface area contributed by atoms with Gasteiger partial charge in [0.2, 0.25) is 5.91 Å². The van der Waals surface area contributed by atoms with Crippen molar-refractivity contribution in [3.63, 3.8) is 0 Å². The first kappa shape index (κ1) is 13.8. The zero-order valence-electron chi connectivity index (χ0n) is 9.97. The summed E-state index contributed by atoms with van der Waals surface area (Å²) in [5.41, 5.74) is 0.714. The van der Waals surface area contributed by atoms with E-state index >= 15 is 0 Å². The molecule has 0 unspecified atom stereocenters. The molecule has 0 atom stereocenters. The van der Waals surface area contributed by atoms with Crippen LogP contribution in [0.2, 0.25) is 5.02 Å². The SMILES string of the molecule is O=C(CSc1cccc(O)c1)Nc1ccc(Cl)cc1. The Balaban J connectivity index is 1.86. The Morgan fingerprint density at radius 3 is 2.63 bits per heavy atom. The maximum absolute atomic E-state index is 11.7. The maximum atomic E-state index is 11.7. The lowest BCUT2D eigenvalue weighted by atomic mass is 10.3. The van der Waals surface area contributed by atoms with E-state index in [0.29, 0.717) is 10.7 Å². The van der Waals surface area contributed by atoms with Crippen LogP contribution < -0.4 is 5.32 Å². The van der Waals surface area contributed by atoms with Gasteiger partial charge in [-0.15, -0.1) is 11.8 Å². The van der Waals surface area contributed by atoms with Crippen molar-refractivity contribution in [1.82, 2.24) is 0 Å². The van der Waals surface area contributed by atoms with Gasteiger partial charge in [-0.2, -0.15) is 0 Å². The molecule has 0 bridgehead atoms. The van der Waals surface area contributed by atoms with E-state index in [2.05, 4.69) is 5.32 Å². The molecule has 98 valence electrons. The van der Waals surface area contributed by atoms with Gasteiger partial charge in [-0.3, -0.25) is 4.79 Å². The molecule has 19 heavy (non-hydrogen) atoms. The highest BCUT2D eigenvalue weighted by atomic mass is 35.5. The minimum atomic E-state index is -0.101. The molecule has 2 N–H and O–H groups in total. The average Bonchev–Trinajstić information content (AvgIpc) is 2.39. The van der Waals surface area contributed by atoms with Crippen molar-refractivity contribution >= 4 is 35.0 Å². The zero-order chi connectivity index (χ0) is 13.7. The predicted octanol–water partition coefficient (Wildman–Crippen LogP) is 3.78. The molecule has 2 aromatic carbocycles. The van der Waals surface area contributed by atoms with E-state index in [-0.39, 0.29) is 17.4 Å². The molecular weight excluding hydrogens is 282 g/mol. The number of aromatic hydroxyl groups is 1. The molecule has 0 aliphatic heterocycles. The molecule has 0 aromatic heterocycles. The van der Waals surface area contributed by atoms with Crippen LogP contribution in [-0.2, 0) is 4.79 Å². The summed E-state index contributed by atoms with van der Waals surface area (Å²) in [5.74, 6) is 0.380. The number of thioether (sulfide) groups is 1. The second kappa shape index (κ2) is 6.50. The van der Waals surface area contributed by atoms with E-state index in [4.69, 9.17) is 11.6 Å². The van der Waals surface area contributed by atoms with E-state index in [0.717, 1.165) is 4.90 Å². The van der Waals surface area contributed by atoms with Crippen molar-refractivity contribution in [2.75, 3.05) is 11.1 Å². The Morgan fingerprint density at radius 2 is 1.95 bits per heavy atom. The molecule has 0 saturated carbocycles. The third-order valence-electron chi connectivity index (χ3n) is 2.32. The number of phenolic OH excluding ortho intramolecular Hbond substituents is 1. The minimum Gasteiger partial charge on any atom is -0.508 e. The normalized spacial score (nSPS) is 10.2. The topological polar surface area (TPSA) is 49.3 Å². The van der Waals surface area contributed by atoms with Gasteiger partial charge in [0.15, 0.2) is 0 Å². The van der Waals surface area contributed by atoms with Crippen molar-refractivity contribution in [1.29, 1.82) is 0 Å². The monoisotopic (exact) mass is 293 g/mol. The van der Waals surface area contributed by atoms with Crippen LogP contribution in [0, 0.1) is 0 Å². The number of rotatable bonds is 4. The van der Waals surface area contributed by atoms with E-state index in [1.54, 1.807) is 42.5 Å². The summed E-state index contributed by atoms with van der Waals surface area (Å²) in [7, 11) is 0. The molecule has 0 spiro atoms. The van der Waals surface area contributed by atoms with Gasteiger partial charge in [-0.25, -0.2) is 0 Å². The Hall–Kier alpha value is -1.65. The molecule has 5 heteroatoms. The lowest BCUT2D eigenvalue weighted by molar-refractivity contribution is -0.113. The molecule has 0 saturated heterocycles. The average molecular weight is 294 g/mol. The lowest BCUT2D eigenvalue weighted by Gasteiger charge is -2.05. The van der Waals surface area contributed by atoms with Crippen LogP contribution in [0.3, 0.4) is 0 Å². The van der Waals surface area contributed by atoms with Crippen LogP contribution in [0.5, 0.6) is 5.75 Å². The van der Waals surface area contributed by atoms with Crippen LogP contribution in [0.1, 0.15) is 0 Å². The first-order valence-corrected chi connectivity index (χ1v) is 6.97. The summed E-state index contributed by atoms with van der Waals surface area (Å²) >= 11 is 7.13. The van der Waals surface area contributed by atoms with Crippen molar-refractivity contribution in [2.24, 2.45) is 0 Å². The van der Waals surface area contributed by atoms with Crippen molar-refractivity contribution in [3.05, 3.63) is 53.6 Å². The number of carbonyl (C=O) groups is 1. The summed E-state index contributed by atoms with van der Waals surface area (Å²) in [6, 6.07) is 13.8. The maximum Gasteiger partial charge on any atom is 0.234 e. The summed E-state index contributed by atoms with van der Waals surface area (Å²) < 4.78 is 0. The standard InChI is InChI=1S/C14H12ClNO2S/c15-10-4-6-11(7-5-10)16-14(18)9-19-13-3-1-2-12(17)8-13/h1-8,17H,9H2,(H,16,18).